The highest BCUT2D eigenvalue weighted by atomic mass is 19.1. The van der Waals surface area contributed by atoms with E-state index in [0.717, 1.165) is 30.5 Å². The molecular formula is C18H27FN2. The van der Waals surface area contributed by atoms with Crippen molar-refractivity contribution in [1.29, 1.82) is 0 Å². The predicted octanol–water partition coefficient (Wildman–Crippen LogP) is 3.21. The second-order valence-corrected chi connectivity index (χ2v) is 7.26. The van der Waals surface area contributed by atoms with Gasteiger partial charge in [-0.3, -0.25) is 4.90 Å². The monoisotopic (exact) mass is 290 g/mol. The zero-order valence-corrected chi connectivity index (χ0v) is 13.0. The van der Waals surface area contributed by atoms with E-state index >= 15 is 0 Å². The van der Waals surface area contributed by atoms with E-state index < -0.39 is 0 Å². The number of nitrogens with two attached hydrogens (primary N) is 1. The van der Waals surface area contributed by atoms with Gasteiger partial charge in [0.05, 0.1) is 0 Å². The van der Waals surface area contributed by atoms with Crippen LogP contribution in [0.4, 0.5) is 4.39 Å². The molecule has 2 aliphatic rings. The Morgan fingerprint density at radius 2 is 1.71 bits per heavy atom. The molecular weight excluding hydrogens is 263 g/mol. The van der Waals surface area contributed by atoms with Crippen molar-refractivity contribution in [2.24, 2.45) is 17.6 Å². The van der Waals surface area contributed by atoms with Crippen LogP contribution >= 0.6 is 0 Å². The fourth-order valence-electron chi connectivity index (χ4n) is 3.10. The summed E-state index contributed by atoms with van der Waals surface area (Å²) >= 11 is 0. The summed E-state index contributed by atoms with van der Waals surface area (Å²) in [6, 6.07) is 7.13. The summed E-state index contributed by atoms with van der Waals surface area (Å²) in [5.41, 5.74) is 6.80. The van der Waals surface area contributed by atoms with Crippen molar-refractivity contribution in [3.8, 4) is 0 Å². The molecule has 0 heterocycles. The van der Waals surface area contributed by atoms with Gasteiger partial charge in [-0.1, -0.05) is 18.2 Å². The molecule has 1 aromatic carbocycles. The summed E-state index contributed by atoms with van der Waals surface area (Å²) in [4.78, 5) is 2.56. The van der Waals surface area contributed by atoms with Gasteiger partial charge in [0.1, 0.15) is 5.82 Å². The molecule has 3 rings (SSSR count). The van der Waals surface area contributed by atoms with Crippen LogP contribution < -0.4 is 5.73 Å². The Morgan fingerprint density at radius 1 is 1.14 bits per heavy atom. The van der Waals surface area contributed by atoms with E-state index in [0.29, 0.717) is 13.0 Å². The molecule has 2 aliphatic carbocycles. The van der Waals surface area contributed by atoms with E-state index in [4.69, 9.17) is 5.73 Å². The van der Waals surface area contributed by atoms with Crippen LogP contribution in [0.2, 0.25) is 0 Å². The van der Waals surface area contributed by atoms with Gasteiger partial charge in [-0.15, -0.1) is 0 Å². The van der Waals surface area contributed by atoms with E-state index in [1.807, 2.05) is 12.1 Å². The normalized spacial score (nSPS) is 21.5. The van der Waals surface area contributed by atoms with Crippen molar-refractivity contribution in [2.75, 3.05) is 19.6 Å². The maximum absolute atomic E-state index is 14.0. The van der Waals surface area contributed by atoms with Crippen LogP contribution in [0.1, 0.15) is 38.2 Å². The van der Waals surface area contributed by atoms with Gasteiger partial charge in [0.15, 0.2) is 0 Å². The summed E-state index contributed by atoms with van der Waals surface area (Å²) in [6.07, 6.45) is 6.10. The molecule has 0 aromatic heterocycles. The highest BCUT2D eigenvalue weighted by molar-refractivity contribution is 5.20. The van der Waals surface area contributed by atoms with Gasteiger partial charge < -0.3 is 5.73 Å². The molecule has 0 saturated heterocycles. The van der Waals surface area contributed by atoms with Crippen molar-refractivity contribution in [3.05, 3.63) is 35.6 Å². The molecule has 2 N–H and O–H groups in total. The summed E-state index contributed by atoms with van der Waals surface area (Å²) in [7, 11) is 0. The average molecular weight is 290 g/mol. The zero-order chi connectivity index (χ0) is 14.9. The number of rotatable bonds is 8. The second kappa shape index (κ2) is 6.05. The van der Waals surface area contributed by atoms with Crippen LogP contribution in [0.15, 0.2) is 24.3 Å². The third-order valence-electron chi connectivity index (χ3n) is 5.08. The fourth-order valence-corrected chi connectivity index (χ4v) is 3.10. The maximum atomic E-state index is 14.0. The van der Waals surface area contributed by atoms with Gasteiger partial charge in [-0.05, 0) is 62.5 Å². The number of benzene rings is 1. The Labute approximate surface area is 127 Å². The number of hydrogen-bond donors (Lipinski definition) is 1. The Balaban J connectivity index is 1.75. The largest absolute Gasteiger partial charge is 0.329 e. The molecule has 0 aliphatic heterocycles. The lowest BCUT2D eigenvalue weighted by Gasteiger charge is -2.41. The van der Waals surface area contributed by atoms with E-state index in [9.17, 15) is 4.39 Å². The van der Waals surface area contributed by atoms with E-state index in [1.54, 1.807) is 12.1 Å². The van der Waals surface area contributed by atoms with Crippen LogP contribution in [0.5, 0.6) is 0 Å². The summed E-state index contributed by atoms with van der Waals surface area (Å²) < 4.78 is 14.0. The Bertz CT molecular complexity index is 468. The predicted molar refractivity (Wildman–Crippen MR) is 84.6 cm³/mol. The van der Waals surface area contributed by atoms with Crippen LogP contribution in [0.25, 0.3) is 0 Å². The molecule has 116 valence electrons. The van der Waals surface area contributed by atoms with Crippen LogP contribution in [-0.2, 0) is 6.42 Å². The quantitative estimate of drug-likeness (QED) is 0.796. The van der Waals surface area contributed by atoms with Gasteiger partial charge in [0.2, 0.25) is 0 Å². The third-order valence-corrected chi connectivity index (χ3v) is 5.08. The van der Waals surface area contributed by atoms with Crippen molar-refractivity contribution in [3.63, 3.8) is 0 Å². The minimum atomic E-state index is -0.132. The molecule has 2 fully saturated rings. The van der Waals surface area contributed by atoms with Gasteiger partial charge in [0, 0.05) is 25.2 Å². The molecule has 2 saturated carbocycles. The Morgan fingerprint density at radius 3 is 2.19 bits per heavy atom. The minimum Gasteiger partial charge on any atom is -0.329 e. The van der Waals surface area contributed by atoms with Gasteiger partial charge in [-0.2, -0.15) is 0 Å². The van der Waals surface area contributed by atoms with Crippen molar-refractivity contribution < 1.29 is 4.39 Å². The molecule has 0 spiro atoms. The molecule has 1 atom stereocenters. The fraction of sp³-hybridized carbons (Fsp3) is 0.667. The van der Waals surface area contributed by atoms with Gasteiger partial charge in [0.25, 0.3) is 0 Å². The molecule has 0 radical (unpaired) electrons. The number of halogens is 1. The Kier molecular flexibility index (Phi) is 4.32. The molecule has 0 bridgehead atoms. The average Bonchev–Trinajstić information content (AvgIpc) is 3.36. The topological polar surface area (TPSA) is 29.3 Å². The molecule has 1 unspecified atom stereocenters. The first-order valence-corrected chi connectivity index (χ1v) is 8.29. The first kappa shape index (κ1) is 15.0. The highest BCUT2D eigenvalue weighted by Gasteiger charge is 2.38. The molecule has 3 heteroatoms. The standard InChI is InChI=1S/C18H27FN2/c1-18(13-20,10-16-4-2-3-5-17(16)19)21(11-14-6-7-14)12-15-8-9-15/h2-5,14-15H,6-13,20H2,1H3. The van der Waals surface area contributed by atoms with Crippen molar-refractivity contribution in [2.45, 2.75) is 44.6 Å². The molecule has 2 nitrogen and oxygen atoms in total. The molecule has 0 amide bonds. The van der Waals surface area contributed by atoms with Crippen molar-refractivity contribution in [1.82, 2.24) is 4.90 Å². The van der Waals surface area contributed by atoms with Gasteiger partial charge in [-0.25, -0.2) is 4.39 Å². The highest BCUT2D eigenvalue weighted by Crippen LogP contribution is 2.37. The lowest BCUT2D eigenvalue weighted by Crippen LogP contribution is -2.54. The first-order valence-electron chi connectivity index (χ1n) is 8.29. The van der Waals surface area contributed by atoms with E-state index in [2.05, 4.69) is 11.8 Å². The van der Waals surface area contributed by atoms with Crippen LogP contribution in [-0.4, -0.2) is 30.1 Å². The second-order valence-electron chi connectivity index (χ2n) is 7.26. The van der Waals surface area contributed by atoms with E-state index in [-0.39, 0.29) is 11.4 Å². The summed E-state index contributed by atoms with van der Waals surface area (Å²) in [6.45, 7) is 5.07. The lowest BCUT2D eigenvalue weighted by atomic mass is 9.89. The molecule has 1 aromatic rings. The van der Waals surface area contributed by atoms with Gasteiger partial charge >= 0.3 is 0 Å². The van der Waals surface area contributed by atoms with Crippen molar-refractivity contribution >= 4 is 0 Å². The summed E-state index contributed by atoms with van der Waals surface area (Å²) in [5.74, 6) is 1.58. The summed E-state index contributed by atoms with van der Waals surface area (Å²) in [5, 5.41) is 0. The lowest BCUT2D eigenvalue weighted by molar-refractivity contribution is 0.0970. The maximum Gasteiger partial charge on any atom is 0.126 e. The Hall–Kier alpha value is -0.930. The zero-order valence-electron chi connectivity index (χ0n) is 13.0. The minimum absolute atomic E-state index is 0.102. The van der Waals surface area contributed by atoms with Crippen LogP contribution in [0, 0.1) is 17.7 Å². The van der Waals surface area contributed by atoms with E-state index in [1.165, 1.54) is 25.7 Å². The number of nitrogens with zero attached hydrogens (tertiary/aromatic N) is 1. The smallest absolute Gasteiger partial charge is 0.126 e. The molecule has 21 heavy (non-hydrogen) atoms. The SMILES string of the molecule is CC(CN)(Cc1ccccc1F)N(CC1CC1)CC1CC1. The number of hydrogen-bond acceptors (Lipinski definition) is 2. The first-order chi connectivity index (χ1) is 10.1. The van der Waals surface area contributed by atoms with Crippen LogP contribution in [0.3, 0.4) is 0 Å². The third kappa shape index (κ3) is 3.83.